The Labute approximate surface area is 358 Å². The minimum absolute atomic E-state index is 0. The summed E-state index contributed by atoms with van der Waals surface area (Å²) in [5, 5.41) is 3.72. The molecule has 0 amide bonds. The SMILES string of the molecule is CCP(=O)(c1ccccc1)c1ccccc1.CP(=O)(c1ccccc1)c1ccccc1.C[C-](C)c1ccccc1.C[C-](C)c1ccccc1.[Y].[Y]. The van der Waals surface area contributed by atoms with E-state index in [1.54, 1.807) is 0 Å². The van der Waals surface area contributed by atoms with Gasteiger partial charge in [0.1, 0.15) is 14.3 Å². The summed E-state index contributed by atoms with van der Waals surface area (Å²) in [4.78, 5) is 0. The van der Waals surface area contributed by atoms with Crippen LogP contribution in [0.1, 0.15) is 45.7 Å². The van der Waals surface area contributed by atoms with E-state index in [0.717, 1.165) is 21.2 Å². The maximum Gasteiger partial charge on any atom is 0.142 e. The average Bonchev–Trinajstić information content (AvgIpc) is 3.17. The van der Waals surface area contributed by atoms with Gasteiger partial charge in [0.25, 0.3) is 0 Å². The molecular formula is C45H50O2P2Y2-2. The largest absolute Gasteiger partial charge is 0.314 e. The van der Waals surface area contributed by atoms with E-state index < -0.39 is 14.3 Å². The van der Waals surface area contributed by atoms with Crippen LogP contribution in [0.3, 0.4) is 0 Å². The van der Waals surface area contributed by atoms with E-state index in [1.165, 1.54) is 23.0 Å². The first kappa shape index (κ1) is 46.7. The minimum Gasteiger partial charge on any atom is -0.314 e. The van der Waals surface area contributed by atoms with Crippen LogP contribution in [0.25, 0.3) is 0 Å². The van der Waals surface area contributed by atoms with Crippen molar-refractivity contribution in [2.24, 2.45) is 0 Å². The second-order valence-electron chi connectivity index (χ2n) is 12.1. The van der Waals surface area contributed by atoms with E-state index in [4.69, 9.17) is 0 Å². The van der Waals surface area contributed by atoms with Gasteiger partial charge in [-0.1, -0.05) is 168 Å². The van der Waals surface area contributed by atoms with Gasteiger partial charge >= 0.3 is 0 Å². The Balaban J connectivity index is 0.000000346. The normalized spacial score (nSPS) is 10.1. The summed E-state index contributed by atoms with van der Waals surface area (Å²) in [6, 6.07) is 59.6. The third-order valence-electron chi connectivity index (χ3n) is 7.99. The molecule has 0 aliphatic heterocycles. The predicted octanol–water partition coefficient (Wildman–Crippen LogP) is 10.9. The van der Waals surface area contributed by atoms with Gasteiger partial charge in [-0.25, -0.2) is 0 Å². The molecule has 260 valence electrons. The third kappa shape index (κ3) is 15.3. The van der Waals surface area contributed by atoms with Gasteiger partial charge in [-0.15, -0.1) is 24.3 Å². The fourth-order valence-corrected chi connectivity index (χ4v) is 9.08. The quantitative estimate of drug-likeness (QED) is 0.118. The van der Waals surface area contributed by atoms with Crippen molar-refractivity contribution in [1.29, 1.82) is 0 Å². The van der Waals surface area contributed by atoms with E-state index in [0.29, 0.717) is 6.16 Å². The Bertz CT molecular complexity index is 1710. The molecule has 6 aromatic carbocycles. The first-order chi connectivity index (χ1) is 23.6. The Morgan fingerprint density at radius 1 is 0.392 bits per heavy atom. The maximum atomic E-state index is 13.0. The molecule has 2 nitrogen and oxygen atoms in total. The first-order valence-corrected chi connectivity index (χ1v) is 20.7. The van der Waals surface area contributed by atoms with Gasteiger partial charge in [-0.3, -0.25) is 0 Å². The summed E-state index contributed by atoms with van der Waals surface area (Å²) < 4.78 is 25.6. The Hall–Kier alpha value is -2.27. The molecule has 6 heteroatoms. The van der Waals surface area contributed by atoms with Crippen LogP contribution in [0.4, 0.5) is 0 Å². The minimum atomic E-state index is -2.40. The second-order valence-corrected chi connectivity index (χ2v) is 18.1. The number of hydrogen-bond acceptors (Lipinski definition) is 2. The van der Waals surface area contributed by atoms with E-state index in [9.17, 15) is 9.13 Å². The zero-order valence-electron chi connectivity index (χ0n) is 30.9. The number of rotatable bonds is 7. The van der Waals surface area contributed by atoms with Gasteiger partial charge in [0.15, 0.2) is 0 Å². The van der Waals surface area contributed by atoms with Crippen LogP contribution >= 0.6 is 14.3 Å². The van der Waals surface area contributed by atoms with Crippen molar-refractivity contribution < 1.29 is 74.5 Å². The Kier molecular flexibility index (Phi) is 22.8. The first-order valence-electron chi connectivity index (χ1n) is 16.7. The summed E-state index contributed by atoms with van der Waals surface area (Å²) in [7, 11) is -4.80. The van der Waals surface area contributed by atoms with Crippen LogP contribution in [0, 0.1) is 11.8 Å². The van der Waals surface area contributed by atoms with E-state index >= 15 is 0 Å². The summed E-state index contributed by atoms with van der Waals surface area (Å²) in [6.07, 6.45) is 0.668. The molecule has 0 N–H and O–H groups in total. The van der Waals surface area contributed by atoms with E-state index in [1.807, 2.05) is 147 Å². The van der Waals surface area contributed by atoms with Crippen LogP contribution in [-0.2, 0) is 74.5 Å². The van der Waals surface area contributed by atoms with Gasteiger partial charge in [-0.05, 0) is 6.66 Å². The standard InChI is InChI=1S/C14H15OP.C13H13OP.2C9H11.2Y/c1-2-16(15,13-9-5-3-6-10-13)14-11-7-4-8-12-14;1-15(14,12-8-4-2-5-9-12)13-10-6-3-7-11-13;2*1-8(2)9-6-4-3-5-7-9;;/h3-12H,2H2,1H3;2-11H,1H3;2*3-7H,1-2H3;;/q;;2*-1;;. The summed E-state index contributed by atoms with van der Waals surface area (Å²) in [5.41, 5.74) is 2.66. The van der Waals surface area contributed by atoms with Crippen LogP contribution in [0.15, 0.2) is 182 Å². The molecule has 0 saturated carbocycles. The van der Waals surface area contributed by atoms with Gasteiger partial charge < -0.3 is 9.13 Å². The molecule has 6 aromatic rings. The molecule has 0 heterocycles. The van der Waals surface area contributed by atoms with Crippen LogP contribution < -0.4 is 21.2 Å². The van der Waals surface area contributed by atoms with Gasteiger partial charge in [0.05, 0.1) is 0 Å². The molecular weight excluding hydrogens is 812 g/mol. The molecule has 0 unspecified atom stereocenters. The molecule has 0 bridgehead atoms. The predicted molar refractivity (Wildman–Crippen MR) is 216 cm³/mol. The molecule has 0 atom stereocenters. The van der Waals surface area contributed by atoms with Crippen molar-refractivity contribution in [1.82, 2.24) is 0 Å². The van der Waals surface area contributed by atoms with Crippen LogP contribution in [-0.4, -0.2) is 12.8 Å². The second kappa shape index (κ2) is 24.9. The molecule has 0 aromatic heterocycles. The van der Waals surface area contributed by atoms with Crippen molar-refractivity contribution >= 4 is 35.5 Å². The Morgan fingerprint density at radius 3 is 0.804 bits per heavy atom. The monoisotopic (exact) mass is 862 g/mol. The average molecular weight is 863 g/mol. The van der Waals surface area contributed by atoms with Crippen molar-refractivity contribution in [2.75, 3.05) is 12.8 Å². The van der Waals surface area contributed by atoms with Crippen LogP contribution in [0.5, 0.6) is 0 Å². The summed E-state index contributed by atoms with van der Waals surface area (Å²) in [6.45, 7) is 12.3. The molecule has 0 spiro atoms. The molecule has 0 aliphatic rings. The molecule has 2 radical (unpaired) electrons. The van der Waals surface area contributed by atoms with E-state index in [-0.39, 0.29) is 65.4 Å². The zero-order chi connectivity index (χ0) is 35.5. The zero-order valence-corrected chi connectivity index (χ0v) is 38.4. The van der Waals surface area contributed by atoms with Crippen molar-refractivity contribution in [3.05, 3.63) is 205 Å². The molecule has 0 fully saturated rings. The summed E-state index contributed by atoms with van der Waals surface area (Å²) in [5.74, 6) is 2.74. The molecule has 0 aliphatic carbocycles. The topological polar surface area (TPSA) is 34.1 Å². The van der Waals surface area contributed by atoms with Crippen molar-refractivity contribution in [3.63, 3.8) is 0 Å². The molecule has 51 heavy (non-hydrogen) atoms. The van der Waals surface area contributed by atoms with Gasteiger partial charge in [-0.2, -0.15) is 47.2 Å². The maximum absolute atomic E-state index is 13.0. The number of benzene rings is 6. The van der Waals surface area contributed by atoms with Gasteiger partial charge in [0.2, 0.25) is 0 Å². The number of hydrogen-bond donors (Lipinski definition) is 0. The smallest absolute Gasteiger partial charge is 0.142 e. The van der Waals surface area contributed by atoms with Crippen molar-refractivity contribution in [2.45, 2.75) is 34.6 Å². The van der Waals surface area contributed by atoms with Crippen LogP contribution in [0.2, 0.25) is 0 Å². The third-order valence-corrected chi connectivity index (χ3v) is 13.7. The molecule has 0 saturated heterocycles. The molecule has 6 rings (SSSR count). The Morgan fingerprint density at radius 2 is 0.608 bits per heavy atom. The van der Waals surface area contributed by atoms with E-state index in [2.05, 4.69) is 76.2 Å². The summed E-state index contributed by atoms with van der Waals surface area (Å²) >= 11 is 0. The fourth-order valence-electron chi connectivity index (χ4n) is 4.97. The van der Waals surface area contributed by atoms with Crippen molar-refractivity contribution in [3.8, 4) is 0 Å². The van der Waals surface area contributed by atoms with Gasteiger partial charge in [0, 0.05) is 92.8 Å². The fraction of sp³-hybridized carbons (Fsp3) is 0.156.